The molecule has 9 nitrogen and oxygen atoms in total. The number of benzene rings is 1. The van der Waals surface area contributed by atoms with E-state index in [1.807, 2.05) is 13.0 Å². The summed E-state index contributed by atoms with van der Waals surface area (Å²) in [5.74, 6) is 0.955. The lowest BCUT2D eigenvalue weighted by atomic mass is 10.0. The Hall–Kier alpha value is -2.56. The van der Waals surface area contributed by atoms with Crippen LogP contribution in [0.5, 0.6) is 0 Å². The van der Waals surface area contributed by atoms with E-state index in [0.29, 0.717) is 37.8 Å². The van der Waals surface area contributed by atoms with Crippen LogP contribution >= 0.6 is 0 Å². The van der Waals surface area contributed by atoms with Crippen molar-refractivity contribution in [1.29, 1.82) is 0 Å². The highest BCUT2D eigenvalue weighted by atomic mass is 32.2. The third-order valence-electron chi connectivity index (χ3n) is 5.34. The molecule has 1 fully saturated rings. The average molecular weight is 448 g/mol. The Bertz CT molecular complexity index is 1030. The maximum atomic E-state index is 12.9. The van der Waals surface area contributed by atoms with E-state index in [9.17, 15) is 13.2 Å². The lowest BCUT2D eigenvalue weighted by molar-refractivity contribution is -0.128. The van der Waals surface area contributed by atoms with Gasteiger partial charge in [-0.05, 0) is 19.1 Å². The number of sulfonamides is 1. The van der Waals surface area contributed by atoms with Crippen LogP contribution in [0.2, 0.25) is 0 Å². The standard InChI is InChI=1S/C21H29N5O4S/c1-15-5-7-17(8-6-15)31(28,29)25(3)14-20-23-18(12-19(22-2)24-20)16-11-21(27)26(13-16)9-10-30-4/h5-8,12,16H,9-11,13-14H2,1-4H3,(H,22,23,24). The van der Waals surface area contributed by atoms with E-state index in [1.165, 1.54) is 11.4 Å². The Morgan fingerprint density at radius 1 is 1.26 bits per heavy atom. The lowest BCUT2D eigenvalue weighted by Crippen LogP contribution is -2.29. The second-order valence-corrected chi connectivity index (χ2v) is 9.70. The van der Waals surface area contributed by atoms with Gasteiger partial charge in [0.25, 0.3) is 0 Å². The molecule has 2 aromatic rings. The first kappa shape index (κ1) is 23.1. The third-order valence-corrected chi connectivity index (χ3v) is 7.16. The zero-order chi connectivity index (χ0) is 22.6. The molecule has 1 aliphatic rings. The van der Waals surface area contributed by atoms with Gasteiger partial charge in [0.2, 0.25) is 15.9 Å². The molecule has 1 aromatic carbocycles. The molecule has 0 radical (unpaired) electrons. The zero-order valence-electron chi connectivity index (χ0n) is 18.3. The first-order chi connectivity index (χ1) is 14.7. The number of amides is 1. The molecule has 0 aliphatic carbocycles. The Morgan fingerprint density at radius 3 is 2.61 bits per heavy atom. The summed E-state index contributed by atoms with van der Waals surface area (Å²) >= 11 is 0. The molecular formula is C21H29N5O4S. The maximum Gasteiger partial charge on any atom is 0.243 e. The van der Waals surface area contributed by atoms with Crippen LogP contribution in [0.25, 0.3) is 0 Å². The second kappa shape index (κ2) is 9.71. The number of nitrogens with one attached hydrogen (secondary N) is 1. The minimum Gasteiger partial charge on any atom is -0.383 e. The van der Waals surface area contributed by atoms with Crippen LogP contribution in [-0.4, -0.2) is 74.4 Å². The molecule has 1 amide bonds. The quantitative estimate of drug-likeness (QED) is 0.623. The van der Waals surface area contributed by atoms with Crippen molar-refractivity contribution in [3.05, 3.63) is 47.4 Å². The summed E-state index contributed by atoms with van der Waals surface area (Å²) in [6.07, 6.45) is 0.362. The number of methoxy groups -OCH3 is 1. The van der Waals surface area contributed by atoms with Crippen molar-refractivity contribution in [3.8, 4) is 0 Å². The van der Waals surface area contributed by atoms with Gasteiger partial charge >= 0.3 is 0 Å². The minimum absolute atomic E-state index is 0.0206. The molecule has 0 saturated carbocycles. The van der Waals surface area contributed by atoms with Crippen LogP contribution in [0.1, 0.15) is 29.4 Å². The van der Waals surface area contributed by atoms with Crippen LogP contribution < -0.4 is 5.32 Å². The van der Waals surface area contributed by atoms with Crippen LogP contribution in [0.4, 0.5) is 5.82 Å². The van der Waals surface area contributed by atoms with Crippen molar-refractivity contribution in [1.82, 2.24) is 19.2 Å². The average Bonchev–Trinajstić information content (AvgIpc) is 3.12. The van der Waals surface area contributed by atoms with E-state index in [2.05, 4.69) is 15.3 Å². The molecule has 3 rings (SSSR count). The van der Waals surface area contributed by atoms with Crippen molar-refractivity contribution in [3.63, 3.8) is 0 Å². The fraction of sp³-hybridized carbons (Fsp3) is 0.476. The van der Waals surface area contributed by atoms with Gasteiger partial charge in [0.15, 0.2) is 0 Å². The predicted molar refractivity (Wildman–Crippen MR) is 117 cm³/mol. The van der Waals surface area contributed by atoms with E-state index < -0.39 is 10.0 Å². The number of carbonyl (C=O) groups excluding carboxylic acids is 1. The normalized spacial score (nSPS) is 16.9. The molecule has 1 aliphatic heterocycles. The molecule has 0 spiro atoms. The Morgan fingerprint density at radius 2 is 1.97 bits per heavy atom. The van der Waals surface area contributed by atoms with Crippen LogP contribution in [0, 0.1) is 6.92 Å². The first-order valence-electron chi connectivity index (χ1n) is 10.1. The van der Waals surface area contributed by atoms with Gasteiger partial charge in [-0.25, -0.2) is 18.4 Å². The summed E-state index contributed by atoms with van der Waals surface area (Å²) in [4.78, 5) is 23.3. The summed E-state index contributed by atoms with van der Waals surface area (Å²) in [5, 5.41) is 3.00. The van der Waals surface area contributed by atoms with E-state index in [4.69, 9.17) is 4.74 Å². The largest absolute Gasteiger partial charge is 0.383 e. The van der Waals surface area contributed by atoms with Crippen LogP contribution in [-0.2, 0) is 26.1 Å². The minimum atomic E-state index is -3.68. The number of ether oxygens (including phenoxy) is 1. The molecule has 2 heterocycles. The van der Waals surface area contributed by atoms with Gasteiger partial charge < -0.3 is 15.0 Å². The van der Waals surface area contributed by atoms with E-state index in [0.717, 1.165) is 11.3 Å². The predicted octanol–water partition coefficient (Wildman–Crippen LogP) is 1.61. The van der Waals surface area contributed by atoms with Gasteiger partial charge in [0.1, 0.15) is 11.6 Å². The number of likely N-dealkylation sites (tertiary alicyclic amines) is 1. The van der Waals surface area contributed by atoms with Gasteiger partial charge in [-0.2, -0.15) is 4.31 Å². The molecule has 31 heavy (non-hydrogen) atoms. The van der Waals surface area contributed by atoms with Gasteiger partial charge in [-0.1, -0.05) is 17.7 Å². The summed E-state index contributed by atoms with van der Waals surface area (Å²) < 4.78 is 32.2. The lowest BCUT2D eigenvalue weighted by Gasteiger charge is -2.19. The summed E-state index contributed by atoms with van der Waals surface area (Å²) in [5.41, 5.74) is 1.71. The van der Waals surface area contributed by atoms with E-state index in [-0.39, 0.29) is 23.3 Å². The highest BCUT2D eigenvalue weighted by Crippen LogP contribution is 2.28. The Balaban J connectivity index is 1.81. The molecule has 10 heteroatoms. The summed E-state index contributed by atoms with van der Waals surface area (Å²) in [6.45, 7) is 3.51. The molecule has 1 N–H and O–H groups in total. The zero-order valence-corrected chi connectivity index (χ0v) is 19.1. The van der Waals surface area contributed by atoms with Gasteiger partial charge in [0, 0.05) is 52.7 Å². The van der Waals surface area contributed by atoms with Gasteiger partial charge in [-0.3, -0.25) is 4.79 Å². The van der Waals surface area contributed by atoms with Crippen molar-refractivity contribution >= 4 is 21.7 Å². The topological polar surface area (TPSA) is 105 Å². The first-order valence-corrected chi connectivity index (χ1v) is 11.5. The number of nitrogens with zero attached hydrogens (tertiary/aromatic N) is 4. The molecule has 1 unspecified atom stereocenters. The second-order valence-electron chi connectivity index (χ2n) is 7.65. The molecule has 0 bridgehead atoms. The smallest absolute Gasteiger partial charge is 0.243 e. The number of hydrogen-bond donors (Lipinski definition) is 1. The van der Waals surface area contributed by atoms with Gasteiger partial charge in [0.05, 0.1) is 23.7 Å². The van der Waals surface area contributed by atoms with Crippen molar-refractivity contribution < 1.29 is 17.9 Å². The highest BCUT2D eigenvalue weighted by Gasteiger charge is 2.32. The number of aryl methyl sites for hydroxylation is 1. The molecule has 1 saturated heterocycles. The molecule has 1 aromatic heterocycles. The molecule has 1 atom stereocenters. The highest BCUT2D eigenvalue weighted by molar-refractivity contribution is 7.89. The van der Waals surface area contributed by atoms with Gasteiger partial charge in [-0.15, -0.1) is 0 Å². The van der Waals surface area contributed by atoms with Crippen molar-refractivity contribution in [2.45, 2.75) is 30.7 Å². The maximum absolute atomic E-state index is 12.9. The number of aromatic nitrogens is 2. The summed E-state index contributed by atoms with van der Waals surface area (Å²) in [6, 6.07) is 8.54. The Kier molecular flexibility index (Phi) is 7.24. The SMILES string of the molecule is CNc1cc(C2CC(=O)N(CCOC)C2)nc(CN(C)S(=O)(=O)c2ccc(C)cc2)n1. The monoisotopic (exact) mass is 447 g/mol. The molecule has 168 valence electrons. The van der Waals surface area contributed by atoms with Crippen molar-refractivity contribution in [2.24, 2.45) is 0 Å². The number of anilines is 1. The van der Waals surface area contributed by atoms with Crippen molar-refractivity contribution in [2.75, 3.05) is 46.2 Å². The van der Waals surface area contributed by atoms with Crippen LogP contribution in [0.15, 0.2) is 35.2 Å². The number of hydrogen-bond acceptors (Lipinski definition) is 7. The van der Waals surface area contributed by atoms with E-state index >= 15 is 0 Å². The number of rotatable bonds is 9. The number of carbonyl (C=O) groups is 1. The Labute approximate surface area is 183 Å². The molecular weight excluding hydrogens is 418 g/mol. The van der Waals surface area contributed by atoms with Crippen LogP contribution in [0.3, 0.4) is 0 Å². The third kappa shape index (κ3) is 5.38. The fourth-order valence-electron chi connectivity index (χ4n) is 3.49. The van der Waals surface area contributed by atoms with E-state index in [1.54, 1.807) is 43.3 Å². The fourth-order valence-corrected chi connectivity index (χ4v) is 4.61. The summed E-state index contributed by atoms with van der Waals surface area (Å²) in [7, 11) is 1.18.